The van der Waals surface area contributed by atoms with Crippen molar-refractivity contribution in [2.75, 3.05) is 19.6 Å². The van der Waals surface area contributed by atoms with Gasteiger partial charge in [-0.05, 0) is 40.7 Å². The number of furan rings is 1. The van der Waals surface area contributed by atoms with Crippen molar-refractivity contribution in [2.24, 2.45) is 0 Å². The number of hydrogen-bond donors (Lipinski definition) is 1. The summed E-state index contributed by atoms with van der Waals surface area (Å²) in [6, 6.07) is 2.14. The van der Waals surface area contributed by atoms with Crippen LogP contribution in [0.1, 0.15) is 43.9 Å². The third-order valence-electron chi connectivity index (χ3n) is 3.28. The minimum absolute atomic E-state index is 0.105. The van der Waals surface area contributed by atoms with E-state index in [1.165, 1.54) is 0 Å². The Bertz CT molecular complexity index is 488. The average Bonchev–Trinajstić information content (AvgIpc) is 2.66. The van der Waals surface area contributed by atoms with Crippen LogP contribution in [0, 0.1) is 13.8 Å². The van der Waals surface area contributed by atoms with Gasteiger partial charge < -0.3 is 19.4 Å². The molecule has 1 aromatic rings. The van der Waals surface area contributed by atoms with E-state index in [-0.39, 0.29) is 12.1 Å². The van der Waals surface area contributed by atoms with Crippen molar-refractivity contribution in [3.63, 3.8) is 0 Å². The van der Waals surface area contributed by atoms with Crippen molar-refractivity contribution < 1.29 is 13.9 Å². The van der Waals surface area contributed by atoms with Crippen LogP contribution in [-0.2, 0) is 4.74 Å². The van der Waals surface area contributed by atoms with E-state index in [9.17, 15) is 4.79 Å². The number of rotatable bonds is 1. The molecule has 5 nitrogen and oxygen atoms in total. The fourth-order valence-electron chi connectivity index (χ4n) is 2.45. The lowest BCUT2D eigenvalue weighted by Crippen LogP contribution is -2.49. The van der Waals surface area contributed by atoms with E-state index in [1.807, 2.05) is 40.7 Å². The second kappa shape index (κ2) is 5.48. The molecule has 1 fully saturated rings. The molecule has 2 rings (SSSR count). The molecule has 1 unspecified atom stereocenters. The van der Waals surface area contributed by atoms with Gasteiger partial charge in [0.1, 0.15) is 17.1 Å². The highest BCUT2D eigenvalue weighted by molar-refractivity contribution is 5.68. The Morgan fingerprint density at radius 1 is 1.45 bits per heavy atom. The number of nitrogens with one attached hydrogen (secondary N) is 1. The first-order valence-electron chi connectivity index (χ1n) is 7.04. The molecule has 0 aliphatic carbocycles. The van der Waals surface area contributed by atoms with Crippen molar-refractivity contribution in [2.45, 2.75) is 46.3 Å². The first-order valence-corrected chi connectivity index (χ1v) is 7.04. The number of nitrogens with zero attached hydrogens (tertiary/aromatic N) is 1. The van der Waals surface area contributed by atoms with Crippen molar-refractivity contribution in [3.05, 3.63) is 23.2 Å². The lowest BCUT2D eigenvalue weighted by molar-refractivity contribution is 0.0194. The molecule has 1 saturated heterocycles. The highest BCUT2D eigenvalue weighted by Gasteiger charge is 2.29. The predicted molar refractivity (Wildman–Crippen MR) is 76.7 cm³/mol. The minimum atomic E-state index is -0.459. The molecule has 0 saturated carbocycles. The summed E-state index contributed by atoms with van der Waals surface area (Å²) < 4.78 is 11.0. The van der Waals surface area contributed by atoms with Gasteiger partial charge in [0.2, 0.25) is 0 Å². The number of hydrogen-bond acceptors (Lipinski definition) is 4. The summed E-state index contributed by atoms with van der Waals surface area (Å²) >= 11 is 0. The number of carbonyl (C=O) groups excluding carboxylic acids is 1. The van der Waals surface area contributed by atoms with Crippen molar-refractivity contribution in [1.82, 2.24) is 10.2 Å². The Kier molecular flexibility index (Phi) is 4.09. The quantitative estimate of drug-likeness (QED) is 0.859. The third-order valence-corrected chi connectivity index (χ3v) is 3.28. The summed E-state index contributed by atoms with van der Waals surface area (Å²) in [7, 11) is 0. The highest BCUT2D eigenvalue weighted by Crippen LogP contribution is 2.24. The molecule has 1 N–H and O–H groups in total. The van der Waals surface area contributed by atoms with Gasteiger partial charge in [-0.1, -0.05) is 0 Å². The molecule has 1 aliphatic rings. The number of aryl methyl sites for hydroxylation is 2. The van der Waals surface area contributed by atoms with Gasteiger partial charge in [0.15, 0.2) is 0 Å². The van der Waals surface area contributed by atoms with E-state index in [1.54, 1.807) is 4.90 Å². The Morgan fingerprint density at radius 3 is 2.70 bits per heavy atom. The molecule has 112 valence electrons. The van der Waals surface area contributed by atoms with Crippen LogP contribution in [0.4, 0.5) is 4.79 Å². The first kappa shape index (κ1) is 14.9. The molecule has 0 radical (unpaired) electrons. The maximum absolute atomic E-state index is 12.1. The predicted octanol–water partition coefficient (Wildman–Crippen LogP) is 2.78. The zero-order valence-corrected chi connectivity index (χ0v) is 12.9. The van der Waals surface area contributed by atoms with Crippen LogP contribution in [0.3, 0.4) is 0 Å². The second-order valence-electron chi connectivity index (χ2n) is 6.30. The SMILES string of the molecule is Cc1cc(C2CN(C(=O)OC(C)(C)C)CCN2)c(C)o1. The van der Waals surface area contributed by atoms with E-state index < -0.39 is 5.60 Å². The molecular formula is C15H24N2O3. The fourth-order valence-corrected chi connectivity index (χ4v) is 2.45. The van der Waals surface area contributed by atoms with Crippen LogP contribution in [0.15, 0.2) is 10.5 Å². The van der Waals surface area contributed by atoms with Crippen LogP contribution in [0.25, 0.3) is 0 Å². The van der Waals surface area contributed by atoms with Crippen molar-refractivity contribution in [3.8, 4) is 0 Å². The van der Waals surface area contributed by atoms with Crippen molar-refractivity contribution >= 4 is 6.09 Å². The van der Waals surface area contributed by atoms with Crippen molar-refractivity contribution in [1.29, 1.82) is 0 Å². The molecule has 0 bridgehead atoms. The number of carbonyl (C=O) groups is 1. The van der Waals surface area contributed by atoms with Gasteiger partial charge in [0.25, 0.3) is 0 Å². The average molecular weight is 280 g/mol. The molecule has 20 heavy (non-hydrogen) atoms. The molecule has 1 aliphatic heterocycles. The highest BCUT2D eigenvalue weighted by atomic mass is 16.6. The Balaban J connectivity index is 2.05. The Morgan fingerprint density at radius 2 is 2.15 bits per heavy atom. The zero-order chi connectivity index (χ0) is 14.9. The number of amides is 1. The molecule has 0 spiro atoms. The van der Waals surface area contributed by atoms with Crippen LogP contribution in [0.5, 0.6) is 0 Å². The van der Waals surface area contributed by atoms with E-state index >= 15 is 0 Å². The Labute approximate surface area is 120 Å². The molecule has 5 heteroatoms. The molecule has 1 amide bonds. The fraction of sp³-hybridized carbons (Fsp3) is 0.667. The normalized spacial score (nSPS) is 20.1. The van der Waals surface area contributed by atoms with Gasteiger partial charge in [-0.2, -0.15) is 0 Å². The van der Waals surface area contributed by atoms with Crippen LogP contribution in [0.2, 0.25) is 0 Å². The van der Waals surface area contributed by atoms with E-state index in [2.05, 4.69) is 5.32 Å². The summed E-state index contributed by atoms with van der Waals surface area (Å²) in [5.41, 5.74) is 0.662. The Hall–Kier alpha value is -1.49. The first-order chi connectivity index (χ1) is 9.26. The summed E-state index contributed by atoms with van der Waals surface area (Å²) in [4.78, 5) is 13.9. The van der Waals surface area contributed by atoms with E-state index in [0.29, 0.717) is 13.1 Å². The summed E-state index contributed by atoms with van der Waals surface area (Å²) in [6.45, 7) is 11.6. The molecular weight excluding hydrogens is 256 g/mol. The van der Waals surface area contributed by atoms with Gasteiger partial charge in [0, 0.05) is 25.2 Å². The molecule has 1 aromatic heterocycles. The van der Waals surface area contributed by atoms with Crippen LogP contribution >= 0.6 is 0 Å². The number of ether oxygens (including phenoxy) is 1. The van der Waals surface area contributed by atoms with Gasteiger partial charge >= 0.3 is 6.09 Å². The van der Waals surface area contributed by atoms with E-state index in [4.69, 9.17) is 9.15 Å². The maximum Gasteiger partial charge on any atom is 0.410 e. The molecule has 1 atom stereocenters. The zero-order valence-electron chi connectivity index (χ0n) is 12.9. The minimum Gasteiger partial charge on any atom is -0.466 e. The number of piperazine rings is 1. The molecule has 2 heterocycles. The van der Waals surface area contributed by atoms with Gasteiger partial charge in [-0.25, -0.2) is 4.79 Å². The standard InChI is InChI=1S/C15H24N2O3/c1-10-8-12(11(2)19-10)13-9-17(7-6-16-13)14(18)20-15(3,4)5/h8,13,16H,6-7,9H2,1-5H3. The largest absolute Gasteiger partial charge is 0.466 e. The van der Waals surface area contributed by atoms with Crippen LogP contribution in [-0.4, -0.2) is 36.2 Å². The topological polar surface area (TPSA) is 54.7 Å². The summed E-state index contributed by atoms with van der Waals surface area (Å²) in [5, 5.41) is 3.43. The third kappa shape index (κ3) is 3.54. The second-order valence-corrected chi connectivity index (χ2v) is 6.30. The van der Waals surface area contributed by atoms with Gasteiger partial charge in [-0.15, -0.1) is 0 Å². The molecule has 0 aromatic carbocycles. The monoisotopic (exact) mass is 280 g/mol. The summed E-state index contributed by atoms with van der Waals surface area (Å²) in [5.74, 6) is 1.81. The van der Waals surface area contributed by atoms with Gasteiger partial charge in [-0.3, -0.25) is 0 Å². The summed E-state index contributed by atoms with van der Waals surface area (Å²) in [6.07, 6.45) is -0.248. The van der Waals surface area contributed by atoms with Crippen LogP contribution < -0.4 is 5.32 Å². The smallest absolute Gasteiger partial charge is 0.410 e. The maximum atomic E-state index is 12.1. The van der Waals surface area contributed by atoms with E-state index in [0.717, 1.165) is 23.6 Å². The lowest BCUT2D eigenvalue weighted by atomic mass is 10.1. The van der Waals surface area contributed by atoms with Gasteiger partial charge in [0.05, 0.1) is 6.04 Å². The lowest BCUT2D eigenvalue weighted by Gasteiger charge is -2.34.